The Labute approximate surface area is 133 Å². The molecule has 2 heterocycles. The molecule has 2 rings (SSSR count). The van der Waals surface area contributed by atoms with Crippen molar-refractivity contribution in [2.24, 2.45) is 11.8 Å². The van der Waals surface area contributed by atoms with Crippen LogP contribution < -0.4 is 4.73 Å². The van der Waals surface area contributed by atoms with Crippen LogP contribution in [0, 0.1) is 17.0 Å². The van der Waals surface area contributed by atoms with E-state index in [0.29, 0.717) is 12.2 Å². The quantitative estimate of drug-likeness (QED) is 0.630. The maximum absolute atomic E-state index is 12.4. The molecule has 22 heavy (non-hydrogen) atoms. The molecule has 0 aliphatic carbocycles. The van der Waals surface area contributed by atoms with Gasteiger partial charge >= 0.3 is 5.91 Å². The normalized spacial score (nSPS) is 17.0. The van der Waals surface area contributed by atoms with E-state index >= 15 is 0 Å². The molecule has 0 saturated carbocycles. The zero-order valence-electron chi connectivity index (χ0n) is 14.1. The van der Waals surface area contributed by atoms with Crippen LogP contribution in [-0.2, 0) is 6.54 Å². The van der Waals surface area contributed by atoms with Gasteiger partial charge in [-0.25, -0.2) is 0 Å². The minimum Gasteiger partial charge on any atom is -0.618 e. The van der Waals surface area contributed by atoms with E-state index in [0.717, 1.165) is 29.7 Å². The summed E-state index contributed by atoms with van der Waals surface area (Å²) in [5.41, 5.74) is 0.843. The van der Waals surface area contributed by atoms with Gasteiger partial charge in [-0.15, -0.1) is 0 Å². The van der Waals surface area contributed by atoms with Crippen LogP contribution in [0.5, 0.6) is 0 Å². The highest BCUT2D eigenvalue weighted by Gasteiger charge is 2.25. The van der Waals surface area contributed by atoms with Crippen molar-refractivity contribution in [1.82, 2.24) is 9.80 Å². The van der Waals surface area contributed by atoms with Gasteiger partial charge in [-0.1, -0.05) is 13.8 Å². The van der Waals surface area contributed by atoms with Crippen molar-refractivity contribution in [2.45, 2.75) is 33.2 Å². The largest absolute Gasteiger partial charge is 0.618 e. The fraction of sp³-hybridized carbons (Fsp3) is 0.647. The Morgan fingerprint density at radius 2 is 2.00 bits per heavy atom. The molecule has 1 amide bonds. The highest BCUT2D eigenvalue weighted by Crippen LogP contribution is 2.24. The molecule has 0 unspecified atom stereocenters. The molecule has 0 N–H and O–H groups in total. The van der Waals surface area contributed by atoms with Crippen molar-refractivity contribution in [3.63, 3.8) is 0 Å². The summed E-state index contributed by atoms with van der Waals surface area (Å²) < 4.78 is 0.789. The summed E-state index contributed by atoms with van der Waals surface area (Å²) in [5.74, 6) is 1.26. The Bertz CT molecular complexity index is 521. The molecule has 0 aromatic carbocycles. The van der Waals surface area contributed by atoms with Gasteiger partial charge in [-0.05, 0) is 43.8 Å². The van der Waals surface area contributed by atoms with Crippen molar-refractivity contribution in [3.05, 3.63) is 34.8 Å². The Morgan fingerprint density at radius 1 is 1.36 bits per heavy atom. The van der Waals surface area contributed by atoms with Crippen LogP contribution in [0.25, 0.3) is 0 Å². The van der Waals surface area contributed by atoms with E-state index in [4.69, 9.17) is 0 Å². The number of aromatic nitrogens is 1. The van der Waals surface area contributed by atoms with Gasteiger partial charge in [-0.2, -0.15) is 4.73 Å². The molecule has 1 fully saturated rings. The number of likely N-dealkylation sites (tertiary alicyclic amines) is 1. The first-order chi connectivity index (χ1) is 10.4. The van der Waals surface area contributed by atoms with E-state index in [1.165, 1.54) is 17.7 Å². The number of piperidine rings is 1. The number of hydrogen-bond acceptors (Lipinski definition) is 3. The lowest BCUT2D eigenvalue weighted by molar-refractivity contribution is -0.617. The zero-order chi connectivity index (χ0) is 16.3. The predicted molar refractivity (Wildman–Crippen MR) is 86.3 cm³/mol. The standard InChI is InChI=1S/C17H27N3O2/c1-13(2)14-8-10-19(11-9-14)12-15-6-5-7-16(20(15)22)17(21)18(3)4/h5-7,13-14H,8-12H2,1-4H3. The minimum atomic E-state index is -0.254. The number of hydrogen-bond donors (Lipinski definition) is 0. The summed E-state index contributed by atoms with van der Waals surface area (Å²) in [6, 6.07) is 5.19. The van der Waals surface area contributed by atoms with Gasteiger partial charge in [0.05, 0.1) is 6.54 Å². The van der Waals surface area contributed by atoms with Gasteiger partial charge < -0.3 is 10.1 Å². The van der Waals surface area contributed by atoms with Crippen LogP contribution >= 0.6 is 0 Å². The smallest absolute Gasteiger partial charge is 0.319 e. The molecular weight excluding hydrogens is 278 g/mol. The Morgan fingerprint density at radius 3 is 2.55 bits per heavy atom. The molecule has 1 aliphatic rings. The molecule has 0 radical (unpaired) electrons. The lowest BCUT2D eigenvalue weighted by atomic mass is 9.87. The highest BCUT2D eigenvalue weighted by atomic mass is 16.5. The van der Waals surface area contributed by atoms with Crippen LogP contribution in [-0.4, -0.2) is 42.9 Å². The predicted octanol–water partition coefficient (Wildman–Crippen LogP) is 1.89. The van der Waals surface area contributed by atoms with Gasteiger partial charge in [0.15, 0.2) is 0 Å². The van der Waals surface area contributed by atoms with Crippen LogP contribution in [0.3, 0.4) is 0 Å². The van der Waals surface area contributed by atoms with E-state index in [1.807, 2.05) is 6.07 Å². The number of nitrogens with zero attached hydrogens (tertiary/aromatic N) is 3. The maximum Gasteiger partial charge on any atom is 0.319 e. The molecule has 0 atom stereocenters. The molecule has 0 bridgehead atoms. The first-order valence-corrected chi connectivity index (χ1v) is 8.05. The summed E-state index contributed by atoms with van der Waals surface area (Å²) in [7, 11) is 3.32. The van der Waals surface area contributed by atoms with E-state index < -0.39 is 0 Å². The van der Waals surface area contributed by atoms with Gasteiger partial charge in [0, 0.05) is 26.2 Å². The third-order valence-corrected chi connectivity index (χ3v) is 4.61. The number of rotatable bonds is 4. The Balaban J connectivity index is 2.05. The third kappa shape index (κ3) is 3.77. The van der Waals surface area contributed by atoms with Crippen LogP contribution in [0.1, 0.15) is 42.9 Å². The molecule has 122 valence electrons. The number of carbonyl (C=O) groups excluding carboxylic acids is 1. The SMILES string of the molecule is CC(C)C1CCN(Cc2cccc(C(=O)N(C)C)[n+]2[O-])CC1. The second-order valence-corrected chi connectivity index (χ2v) is 6.75. The van der Waals surface area contributed by atoms with Crippen LogP contribution in [0.4, 0.5) is 0 Å². The fourth-order valence-corrected chi connectivity index (χ4v) is 3.05. The second-order valence-electron chi connectivity index (χ2n) is 6.75. The van der Waals surface area contributed by atoms with E-state index in [9.17, 15) is 10.0 Å². The highest BCUT2D eigenvalue weighted by molar-refractivity contribution is 5.90. The first kappa shape index (κ1) is 16.7. The van der Waals surface area contributed by atoms with Crippen molar-refractivity contribution < 1.29 is 9.52 Å². The molecule has 0 spiro atoms. The molecule has 1 saturated heterocycles. The second kappa shape index (κ2) is 7.09. The Kier molecular flexibility index (Phi) is 5.40. The van der Waals surface area contributed by atoms with Gasteiger partial charge in [0.1, 0.15) is 0 Å². The van der Waals surface area contributed by atoms with Crippen LogP contribution in [0.15, 0.2) is 18.2 Å². The van der Waals surface area contributed by atoms with Gasteiger partial charge in [-0.3, -0.25) is 9.69 Å². The first-order valence-electron chi connectivity index (χ1n) is 8.05. The molecular formula is C17H27N3O2. The molecule has 1 aliphatic heterocycles. The maximum atomic E-state index is 12.4. The van der Waals surface area contributed by atoms with Crippen molar-refractivity contribution in [1.29, 1.82) is 0 Å². The molecule has 1 aromatic rings. The summed E-state index contributed by atoms with van der Waals surface area (Å²) in [4.78, 5) is 15.8. The van der Waals surface area contributed by atoms with Crippen LogP contribution in [0.2, 0.25) is 0 Å². The lowest BCUT2D eigenvalue weighted by Gasteiger charge is -2.33. The molecule has 5 heteroatoms. The van der Waals surface area contributed by atoms with E-state index in [1.54, 1.807) is 26.2 Å². The summed E-state index contributed by atoms with van der Waals surface area (Å²) in [5, 5.41) is 12.4. The summed E-state index contributed by atoms with van der Waals surface area (Å²) >= 11 is 0. The summed E-state index contributed by atoms with van der Waals surface area (Å²) in [6.45, 7) is 7.22. The number of carbonyl (C=O) groups is 1. The lowest BCUT2D eigenvalue weighted by Crippen LogP contribution is -2.45. The minimum absolute atomic E-state index is 0.194. The fourth-order valence-electron chi connectivity index (χ4n) is 3.05. The van der Waals surface area contributed by atoms with Crippen molar-refractivity contribution in [2.75, 3.05) is 27.2 Å². The topological polar surface area (TPSA) is 50.5 Å². The zero-order valence-corrected chi connectivity index (χ0v) is 14.1. The third-order valence-electron chi connectivity index (χ3n) is 4.61. The van der Waals surface area contributed by atoms with Gasteiger partial charge in [0.2, 0.25) is 5.69 Å². The van der Waals surface area contributed by atoms with Crippen molar-refractivity contribution >= 4 is 5.91 Å². The van der Waals surface area contributed by atoms with E-state index in [-0.39, 0.29) is 11.6 Å². The monoisotopic (exact) mass is 305 g/mol. The summed E-state index contributed by atoms with van der Waals surface area (Å²) in [6.07, 6.45) is 2.37. The average molecular weight is 305 g/mol. The number of amides is 1. The van der Waals surface area contributed by atoms with Gasteiger partial charge in [0.25, 0.3) is 5.69 Å². The molecule has 5 nitrogen and oxygen atoms in total. The van der Waals surface area contributed by atoms with Crippen molar-refractivity contribution in [3.8, 4) is 0 Å². The number of pyridine rings is 1. The average Bonchev–Trinajstić information content (AvgIpc) is 2.49. The van der Waals surface area contributed by atoms with E-state index in [2.05, 4.69) is 18.7 Å². The molecule has 1 aromatic heterocycles. The Hall–Kier alpha value is -1.62.